The third-order valence-electron chi connectivity index (χ3n) is 2.18. The monoisotopic (exact) mass is 289 g/mol. The number of ether oxygens (including phenoxy) is 1. The zero-order valence-electron chi connectivity index (χ0n) is 10.4. The lowest BCUT2D eigenvalue weighted by Crippen LogP contribution is -1.99. The van der Waals surface area contributed by atoms with E-state index in [1.165, 1.54) is 22.0 Å². The van der Waals surface area contributed by atoms with Crippen molar-refractivity contribution in [2.24, 2.45) is 0 Å². The highest BCUT2D eigenvalue weighted by Crippen LogP contribution is 2.52. The van der Waals surface area contributed by atoms with E-state index in [4.69, 9.17) is 10.00 Å². The van der Waals surface area contributed by atoms with Crippen LogP contribution in [0.15, 0.2) is 9.14 Å². The topological polar surface area (TPSA) is 33.0 Å². The molecule has 0 radical (unpaired) electrons. The van der Waals surface area contributed by atoms with Gasteiger partial charge in [0.15, 0.2) is 4.77 Å². The number of nitriles is 1. The highest BCUT2D eigenvalue weighted by atomic mass is 32.2. The van der Waals surface area contributed by atoms with E-state index in [2.05, 4.69) is 13.0 Å². The maximum Gasteiger partial charge on any atom is 0.158 e. The molecule has 1 unspecified atom stereocenters. The van der Waals surface area contributed by atoms with Gasteiger partial charge in [-0.3, -0.25) is 0 Å². The van der Waals surface area contributed by atoms with E-state index in [0.29, 0.717) is 6.42 Å². The van der Waals surface area contributed by atoms with Gasteiger partial charge in [0.2, 0.25) is 0 Å². The van der Waals surface area contributed by atoms with Crippen molar-refractivity contribution in [1.29, 1.82) is 5.26 Å². The Morgan fingerprint density at radius 2 is 2.24 bits per heavy atom. The van der Waals surface area contributed by atoms with E-state index in [1.54, 1.807) is 0 Å². The van der Waals surface area contributed by atoms with Gasteiger partial charge in [-0.2, -0.15) is 5.26 Å². The number of thioether (sulfide) groups is 3. The molecule has 0 bridgehead atoms. The van der Waals surface area contributed by atoms with Crippen LogP contribution in [0, 0.1) is 11.3 Å². The molecule has 0 saturated heterocycles. The molecule has 0 aromatic carbocycles. The largest absolute Gasteiger partial charge is 0.357 e. The minimum absolute atomic E-state index is 0.233. The summed E-state index contributed by atoms with van der Waals surface area (Å²) in [5.41, 5.74) is 0. The van der Waals surface area contributed by atoms with Crippen LogP contribution in [0.25, 0.3) is 0 Å². The first-order valence-corrected chi connectivity index (χ1v) is 8.74. The zero-order chi connectivity index (χ0) is 12.5. The van der Waals surface area contributed by atoms with Gasteiger partial charge >= 0.3 is 0 Å². The van der Waals surface area contributed by atoms with Crippen LogP contribution >= 0.6 is 35.3 Å². The van der Waals surface area contributed by atoms with Gasteiger partial charge in [-0.1, -0.05) is 36.9 Å². The summed E-state index contributed by atoms with van der Waals surface area (Å²) in [7, 11) is 0. The molecule has 1 rings (SSSR count). The van der Waals surface area contributed by atoms with Crippen molar-refractivity contribution in [2.75, 3.05) is 12.4 Å². The molecular formula is C12H19NOS3. The van der Waals surface area contributed by atoms with E-state index in [1.807, 2.05) is 42.2 Å². The van der Waals surface area contributed by atoms with Crippen LogP contribution < -0.4 is 0 Å². The van der Waals surface area contributed by atoms with Gasteiger partial charge in [0.05, 0.1) is 10.3 Å². The Morgan fingerprint density at radius 1 is 1.41 bits per heavy atom. The van der Waals surface area contributed by atoms with Gasteiger partial charge in [0, 0.05) is 23.7 Å². The molecule has 0 amide bonds. The van der Waals surface area contributed by atoms with Crippen LogP contribution in [0.1, 0.15) is 39.5 Å². The van der Waals surface area contributed by atoms with E-state index in [-0.39, 0.29) is 4.77 Å². The maximum atomic E-state index is 8.57. The standard InChI is InChI=1S/C12H19NOS3/c1-3-5-7-10-11(15-9-6-8-13)17-12(16-10)14-4-2/h12H,3-7,9H2,1-2H3. The fraction of sp³-hybridized carbons (Fsp3) is 0.750. The molecule has 0 fully saturated rings. The van der Waals surface area contributed by atoms with E-state index in [9.17, 15) is 0 Å². The number of rotatable bonds is 8. The summed E-state index contributed by atoms with van der Waals surface area (Å²) in [6.45, 7) is 5.02. The van der Waals surface area contributed by atoms with Crippen molar-refractivity contribution < 1.29 is 4.74 Å². The van der Waals surface area contributed by atoms with Crippen molar-refractivity contribution >= 4 is 35.3 Å². The first-order valence-electron chi connectivity index (χ1n) is 5.99. The Labute approximate surface area is 117 Å². The average molecular weight is 289 g/mol. The van der Waals surface area contributed by atoms with Gasteiger partial charge in [-0.05, 0) is 19.8 Å². The van der Waals surface area contributed by atoms with Crippen LogP contribution in [0.5, 0.6) is 0 Å². The fourth-order valence-corrected chi connectivity index (χ4v) is 5.80. The minimum atomic E-state index is 0.233. The molecule has 1 heterocycles. The molecule has 2 nitrogen and oxygen atoms in total. The summed E-state index contributed by atoms with van der Waals surface area (Å²) >= 11 is 5.49. The van der Waals surface area contributed by atoms with Crippen molar-refractivity contribution in [1.82, 2.24) is 0 Å². The summed E-state index contributed by atoms with van der Waals surface area (Å²) in [5, 5.41) is 8.57. The Morgan fingerprint density at radius 3 is 2.88 bits per heavy atom. The molecule has 0 N–H and O–H groups in total. The van der Waals surface area contributed by atoms with Crippen LogP contribution in [0.3, 0.4) is 0 Å². The van der Waals surface area contributed by atoms with Gasteiger partial charge in [-0.25, -0.2) is 0 Å². The second-order valence-electron chi connectivity index (χ2n) is 3.55. The zero-order valence-corrected chi connectivity index (χ0v) is 12.8. The molecule has 1 aliphatic rings. The van der Waals surface area contributed by atoms with Gasteiger partial charge < -0.3 is 4.74 Å². The molecular weight excluding hydrogens is 270 g/mol. The van der Waals surface area contributed by atoms with Crippen LogP contribution in [0.2, 0.25) is 0 Å². The minimum Gasteiger partial charge on any atom is -0.357 e. The van der Waals surface area contributed by atoms with Crippen LogP contribution in [0.4, 0.5) is 0 Å². The van der Waals surface area contributed by atoms with Crippen LogP contribution in [-0.2, 0) is 4.74 Å². The molecule has 0 aromatic heterocycles. The Bertz CT molecular complexity index is 299. The van der Waals surface area contributed by atoms with Crippen molar-refractivity contribution in [3.05, 3.63) is 9.14 Å². The third-order valence-corrected chi connectivity index (χ3v) is 6.38. The predicted molar refractivity (Wildman–Crippen MR) is 79.8 cm³/mol. The van der Waals surface area contributed by atoms with Crippen molar-refractivity contribution in [2.45, 2.75) is 44.3 Å². The summed E-state index contributed by atoms with van der Waals surface area (Å²) in [5.74, 6) is 0.897. The second kappa shape index (κ2) is 9.21. The van der Waals surface area contributed by atoms with E-state index >= 15 is 0 Å². The van der Waals surface area contributed by atoms with Crippen molar-refractivity contribution in [3.8, 4) is 6.07 Å². The fourth-order valence-electron chi connectivity index (χ4n) is 1.35. The normalized spacial score (nSPS) is 19.7. The number of allylic oxidation sites excluding steroid dienone is 1. The molecule has 0 aliphatic carbocycles. The SMILES string of the molecule is CCCCC1=C(SCCC#N)SC(OCC)S1. The third kappa shape index (κ3) is 5.60. The number of hydrogen-bond donors (Lipinski definition) is 0. The Kier molecular flexibility index (Phi) is 8.29. The molecule has 0 spiro atoms. The smallest absolute Gasteiger partial charge is 0.158 e. The number of hydrogen-bond acceptors (Lipinski definition) is 5. The molecule has 17 heavy (non-hydrogen) atoms. The second-order valence-corrected chi connectivity index (χ2v) is 7.44. The molecule has 5 heteroatoms. The molecule has 1 aliphatic heterocycles. The Hall–Kier alpha value is 0.240. The van der Waals surface area contributed by atoms with Gasteiger partial charge in [0.1, 0.15) is 0 Å². The molecule has 0 aromatic rings. The molecule has 96 valence electrons. The predicted octanol–water partition coefficient (Wildman–Crippen LogP) is 4.79. The maximum absolute atomic E-state index is 8.57. The van der Waals surface area contributed by atoms with Crippen molar-refractivity contribution in [3.63, 3.8) is 0 Å². The Balaban J connectivity index is 2.47. The summed E-state index contributed by atoms with van der Waals surface area (Å²) in [6, 6.07) is 2.20. The lowest BCUT2D eigenvalue weighted by molar-refractivity contribution is 0.179. The first kappa shape index (κ1) is 15.3. The summed E-state index contributed by atoms with van der Waals surface area (Å²) in [4.78, 5) is 1.47. The first-order chi connectivity index (χ1) is 8.31. The lowest BCUT2D eigenvalue weighted by atomic mass is 10.2. The number of nitrogens with zero attached hydrogens (tertiary/aromatic N) is 1. The highest BCUT2D eigenvalue weighted by Gasteiger charge is 2.25. The highest BCUT2D eigenvalue weighted by molar-refractivity contribution is 8.31. The van der Waals surface area contributed by atoms with Gasteiger partial charge in [-0.15, -0.1) is 11.8 Å². The van der Waals surface area contributed by atoms with E-state index < -0.39 is 0 Å². The van der Waals surface area contributed by atoms with Crippen LogP contribution in [-0.4, -0.2) is 17.1 Å². The average Bonchev–Trinajstić information content (AvgIpc) is 2.70. The molecule has 1 atom stereocenters. The molecule has 0 saturated carbocycles. The van der Waals surface area contributed by atoms with E-state index in [0.717, 1.165) is 18.8 Å². The number of unbranched alkanes of at least 4 members (excludes halogenated alkanes) is 1. The summed E-state index contributed by atoms with van der Waals surface area (Å²) < 4.78 is 7.27. The quantitative estimate of drug-likeness (QED) is 0.600. The summed E-state index contributed by atoms with van der Waals surface area (Å²) in [6.07, 6.45) is 4.25. The lowest BCUT2D eigenvalue weighted by Gasteiger charge is -2.07. The van der Waals surface area contributed by atoms with Gasteiger partial charge in [0.25, 0.3) is 0 Å².